The summed E-state index contributed by atoms with van der Waals surface area (Å²) in [5.74, 6) is 0.774. The second kappa shape index (κ2) is 9.27. The first-order valence-electron chi connectivity index (χ1n) is 11.2. The Kier molecular flexibility index (Phi) is 6.01. The molecule has 0 spiro atoms. The monoisotopic (exact) mass is 485 g/mol. The van der Waals surface area contributed by atoms with Gasteiger partial charge in [-0.1, -0.05) is 6.08 Å². The van der Waals surface area contributed by atoms with Gasteiger partial charge in [0.05, 0.1) is 13.1 Å². The van der Waals surface area contributed by atoms with Crippen LogP contribution >= 0.6 is 11.3 Å². The molecule has 0 saturated carbocycles. The summed E-state index contributed by atoms with van der Waals surface area (Å²) in [5.41, 5.74) is 1.89. The first kappa shape index (κ1) is 22.7. The summed E-state index contributed by atoms with van der Waals surface area (Å²) >= 11 is 1.42. The molecule has 1 amide bonds. The largest absolute Gasteiger partial charge is 0.508 e. The van der Waals surface area contributed by atoms with E-state index in [1.165, 1.54) is 11.3 Å². The second-order valence-electron chi connectivity index (χ2n) is 8.37. The Bertz CT molecular complexity index is 1430. The Balaban J connectivity index is 1.40. The van der Waals surface area contributed by atoms with E-state index < -0.39 is 0 Å². The molecule has 0 aliphatic carbocycles. The van der Waals surface area contributed by atoms with E-state index in [1.54, 1.807) is 83.8 Å². The molecule has 0 atom stereocenters. The van der Waals surface area contributed by atoms with Crippen molar-refractivity contribution in [1.82, 2.24) is 4.90 Å². The minimum atomic E-state index is -0.136. The lowest BCUT2D eigenvalue weighted by Crippen LogP contribution is -2.55. The van der Waals surface area contributed by atoms with Crippen molar-refractivity contribution in [3.8, 4) is 27.7 Å². The molecule has 0 unspecified atom stereocenters. The molecule has 0 bridgehead atoms. The smallest absolute Gasteiger partial charge is 0.246 e. The number of carbonyl (C=O) groups excluding carboxylic acids is 2. The molecule has 1 aliphatic rings. The third kappa shape index (κ3) is 4.50. The van der Waals surface area contributed by atoms with Gasteiger partial charge in [-0.25, -0.2) is 0 Å². The number of hydrogen-bond donors (Lipinski definition) is 2. The Morgan fingerprint density at radius 3 is 2.34 bits per heavy atom. The molecule has 1 aliphatic heterocycles. The number of carbonyl (C=O) groups is 2. The van der Waals surface area contributed by atoms with Crippen LogP contribution in [0, 0.1) is 0 Å². The first-order chi connectivity index (χ1) is 16.9. The number of allylic oxidation sites excluding steroid dienone is 1. The topological polar surface area (TPSA) is 87.1 Å². The number of phenols is 2. The summed E-state index contributed by atoms with van der Waals surface area (Å²) in [7, 11) is 0. The Morgan fingerprint density at radius 1 is 0.971 bits per heavy atom. The fraction of sp³-hybridized carbons (Fsp3) is 0.143. The molecule has 1 fully saturated rings. The number of rotatable bonds is 6. The predicted octanol–water partition coefficient (Wildman–Crippen LogP) is 5.38. The van der Waals surface area contributed by atoms with E-state index >= 15 is 0 Å². The van der Waals surface area contributed by atoms with Crippen LogP contribution in [0.5, 0.6) is 17.2 Å². The number of nitrogens with zero attached hydrogens (tertiary/aromatic N) is 1. The van der Waals surface area contributed by atoms with E-state index in [4.69, 9.17) is 4.74 Å². The highest BCUT2D eigenvalue weighted by Crippen LogP contribution is 2.41. The van der Waals surface area contributed by atoms with Gasteiger partial charge < -0.3 is 19.8 Å². The van der Waals surface area contributed by atoms with E-state index in [0.717, 1.165) is 20.5 Å². The van der Waals surface area contributed by atoms with Gasteiger partial charge in [0.2, 0.25) is 5.91 Å². The van der Waals surface area contributed by atoms with Crippen molar-refractivity contribution in [1.29, 1.82) is 0 Å². The Hall–Kier alpha value is -4.10. The van der Waals surface area contributed by atoms with Gasteiger partial charge in [-0.15, -0.1) is 11.3 Å². The predicted molar refractivity (Wildman–Crippen MR) is 136 cm³/mol. The fourth-order valence-corrected chi connectivity index (χ4v) is 5.33. The van der Waals surface area contributed by atoms with Crippen molar-refractivity contribution in [2.24, 2.45) is 0 Å². The molecule has 176 valence electrons. The van der Waals surface area contributed by atoms with E-state index in [1.807, 2.05) is 6.92 Å². The lowest BCUT2D eigenvalue weighted by atomic mass is 9.97. The second-order valence-corrected chi connectivity index (χ2v) is 9.42. The maximum atomic E-state index is 13.7. The summed E-state index contributed by atoms with van der Waals surface area (Å²) in [6.45, 7) is 2.88. The molecule has 5 rings (SSSR count). The number of fused-ring (bicyclic) bond motifs is 1. The van der Waals surface area contributed by atoms with Crippen molar-refractivity contribution in [3.05, 3.63) is 90.0 Å². The van der Waals surface area contributed by atoms with Crippen LogP contribution in [0.3, 0.4) is 0 Å². The fourth-order valence-electron chi connectivity index (χ4n) is 4.09. The zero-order valence-corrected chi connectivity index (χ0v) is 19.8. The van der Waals surface area contributed by atoms with Crippen molar-refractivity contribution >= 4 is 33.1 Å². The van der Waals surface area contributed by atoms with Gasteiger partial charge in [0.1, 0.15) is 23.4 Å². The van der Waals surface area contributed by atoms with Crippen molar-refractivity contribution in [2.45, 2.75) is 13.0 Å². The van der Waals surface area contributed by atoms with Crippen LogP contribution in [0.15, 0.2) is 78.9 Å². The van der Waals surface area contributed by atoms with Gasteiger partial charge in [-0.05, 0) is 85.3 Å². The minimum absolute atomic E-state index is 0.0194. The summed E-state index contributed by atoms with van der Waals surface area (Å²) in [4.78, 5) is 28.0. The molecule has 2 N–H and O–H groups in total. The van der Waals surface area contributed by atoms with E-state index in [0.29, 0.717) is 30.0 Å². The number of hydrogen-bond acceptors (Lipinski definition) is 6. The summed E-state index contributed by atoms with van der Waals surface area (Å²) in [6.07, 6.45) is 3.19. The number of aromatic hydroxyl groups is 2. The Morgan fingerprint density at radius 2 is 1.66 bits per heavy atom. The zero-order valence-electron chi connectivity index (χ0n) is 19.0. The normalized spacial score (nSPS) is 13.8. The average Bonchev–Trinajstić information content (AvgIpc) is 3.20. The van der Waals surface area contributed by atoms with Gasteiger partial charge in [0.25, 0.3) is 0 Å². The third-order valence-corrected chi connectivity index (χ3v) is 7.12. The molecule has 2 heterocycles. The van der Waals surface area contributed by atoms with Crippen LogP contribution in [0.25, 0.3) is 20.5 Å². The number of benzene rings is 3. The van der Waals surface area contributed by atoms with Gasteiger partial charge in [-0.2, -0.15) is 0 Å². The number of thiophene rings is 1. The lowest BCUT2D eigenvalue weighted by Gasteiger charge is -2.38. The highest BCUT2D eigenvalue weighted by Gasteiger charge is 2.31. The highest BCUT2D eigenvalue weighted by atomic mass is 32.1. The van der Waals surface area contributed by atoms with Crippen LogP contribution < -0.4 is 4.74 Å². The molecule has 0 radical (unpaired) electrons. The number of likely N-dealkylation sites (tertiary alicyclic amines) is 1. The van der Waals surface area contributed by atoms with Crippen LogP contribution in [0.1, 0.15) is 22.8 Å². The quantitative estimate of drug-likeness (QED) is 0.283. The lowest BCUT2D eigenvalue weighted by molar-refractivity contribution is -0.134. The SMILES string of the molecule is C/C=C/C(=O)N1CC(Oc2ccc(C(=O)c3c(-c4ccc(O)cc4)sc4cc(O)ccc34)cc2)C1. The molecule has 6 nitrogen and oxygen atoms in total. The molecule has 1 aromatic heterocycles. The van der Waals surface area contributed by atoms with Crippen molar-refractivity contribution in [3.63, 3.8) is 0 Å². The molecule has 7 heteroatoms. The van der Waals surface area contributed by atoms with Gasteiger partial charge in [0, 0.05) is 26.1 Å². The number of phenolic OH excluding ortho intramolecular Hbond substituents is 2. The van der Waals surface area contributed by atoms with Gasteiger partial charge >= 0.3 is 0 Å². The summed E-state index contributed by atoms with van der Waals surface area (Å²) in [6, 6.07) is 18.7. The molecule has 35 heavy (non-hydrogen) atoms. The van der Waals surface area contributed by atoms with Crippen LogP contribution in [-0.4, -0.2) is 46.0 Å². The molecule has 4 aromatic rings. The van der Waals surface area contributed by atoms with Crippen molar-refractivity contribution < 1.29 is 24.5 Å². The molecule has 3 aromatic carbocycles. The number of amides is 1. The number of ketones is 1. The summed E-state index contributed by atoms with van der Waals surface area (Å²) < 4.78 is 6.75. The number of ether oxygens (including phenoxy) is 1. The Labute approximate surface area is 206 Å². The minimum Gasteiger partial charge on any atom is -0.508 e. The molecular weight excluding hydrogens is 462 g/mol. The standard InChI is InChI=1S/C28H23NO5S/c1-2-3-25(32)29-15-22(16-29)34-21-11-6-17(7-12-21)27(33)26-23-13-10-20(31)14-24(23)35-28(26)18-4-8-19(30)9-5-18/h2-14,22,30-31H,15-16H2,1H3/b3-2+. The van der Waals surface area contributed by atoms with Gasteiger partial charge in [0.15, 0.2) is 5.78 Å². The molecule has 1 saturated heterocycles. The maximum Gasteiger partial charge on any atom is 0.246 e. The molecular formula is C28H23NO5S. The van der Waals surface area contributed by atoms with Crippen LogP contribution in [-0.2, 0) is 4.79 Å². The first-order valence-corrected chi connectivity index (χ1v) is 12.0. The zero-order chi connectivity index (χ0) is 24.5. The average molecular weight is 486 g/mol. The van der Waals surface area contributed by atoms with E-state index in [2.05, 4.69) is 0 Å². The van der Waals surface area contributed by atoms with E-state index in [-0.39, 0.29) is 29.3 Å². The van der Waals surface area contributed by atoms with Crippen molar-refractivity contribution in [2.75, 3.05) is 13.1 Å². The van der Waals surface area contributed by atoms with Gasteiger partial charge in [-0.3, -0.25) is 9.59 Å². The summed E-state index contributed by atoms with van der Waals surface area (Å²) in [5, 5.41) is 20.4. The van der Waals surface area contributed by atoms with Crippen LogP contribution in [0.4, 0.5) is 0 Å². The maximum absolute atomic E-state index is 13.7. The highest BCUT2D eigenvalue weighted by molar-refractivity contribution is 7.22. The third-order valence-electron chi connectivity index (χ3n) is 5.92. The van der Waals surface area contributed by atoms with Crippen LogP contribution in [0.2, 0.25) is 0 Å². The van der Waals surface area contributed by atoms with E-state index in [9.17, 15) is 19.8 Å².